The average Bonchev–Trinajstić information content (AvgIpc) is 2.38. The van der Waals surface area contributed by atoms with Crippen LogP contribution in [0.25, 0.3) is 0 Å². The van der Waals surface area contributed by atoms with Crippen LogP contribution in [0.4, 0.5) is 5.69 Å². The van der Waals surface area contributed by atoms with Crippen LogP contribution in [0.3, 0.4) is 0 Å². The molecule has 0 bridgehead atoms. The van der Waals surface area contributed by atoms with Crippen molar-refractivity contribution in [3.63, 3.8) is 0 Å². The molecule has 0 aliphatic heterocycles. The lowest BCUT2D eigenvalue weighted by Crippen LogP contribution is -2.50. The van der Waals surface area contributed by atoms with E-state index in [2.05, 4.69) is 10.6 Å². The van der Waals surface area contributed by atoms with Crippen LogP contribution in [0.5, 0.6) is 0 Å². The van der Waals surface area contributed by atoms with Crippen LogP contribution < -0.4 is 10.6 Å². The maximum atomic E-state index is 11.9. The first kappa shape index (κ1) is 16.2. The Kier molecular flexibility index (Phi) is 5.27. The topological polar surface area (TPSA) is 78.4 Å². The standard InChI is InChI=1S/C15H22N2O3/c1-10(2)11-7-5-6-8-12(11)16-13(19)14(20)17-15(3,4)9-18/h5-8,10,18H,9H2,1-4H3,(H,16,19)(H,17,20). The number of carbonyl (C=O) groups is 2. The van der Waals surface area contributed by atoms with E-state index >= 15 is 0 Å². The average molecular weight is 278 g/mol. The number of rotatable bonds is 4. The maximum Gasteiger partial charge on any atom is 0.313 e. The Balaban J connectivity index is 2.79. The molecule has 0 atom stereocenters. The molecule has 0 unspecified atom stereocenters. The molecule has 110 valence electrons. The zero-order valence-corrected chi connectivity index (χ0v) is 12.4. The molecule has 1 aromatic rings. The predicted octanol–water partition coefficient (Wildman–Crippen LogP) is 1.64. The number of para-hydroxylation sites is 1. The summed E-state index contributed by atoms with van der Waals surface area (Å²) < 4.78 is 0. The van der Waals surface area contributed by atoms with E-state index < -0.39 is 17.4 Å². The summed E-state index contributed by atoms with van der Waals surface area (Å²) in [5, 5.41) is 14.2. The third-order valence-corrected chi connectivity index (χ3v) is 2.88. The van der Waals surface area contributed by atoms with Crippen molar-refractivity contribution in [1.29, 1.82) is 0 Å². The molecule has 0 aliphatic rings. The molecule has 0 heterocycles. The number of aliphatic hydroxyl groups is 1. The molecule has 0 radical (unpaired) electrons. The Labute approximate surface area is 119 Å². The van der Waals surface area contributed by atoms with Gasteiger partial charge in [-0.3, -0.25) is 9.59 Å². The highest BCUT2D eigenvalue weighted by molar-refractivity contribution is 6.39. The van der Waals surface area contributed by atoms with Crippen molar-refractivity contribution < 1.29 is 14.7 Å². The van der Waals surface area contributed by atoms with Crippen LogP contribution >= 0.6 is 0 Å². The number of carbonyl (C=O) groups excluding carboxylic acids is 2. The summed E-state index contributed by atoms with van der Waals surface area (Å²) >= 11 is 0. The second-order valence-electron chi connectivity index (χ2n) is 5.69. The van der Waals surface area contributed by atoms with Crippen molar-refractivity contribution in [2.45, 2.75) is 39.2 Å². The van der Waals surface area contributed by atoms with Gasteiger partial charge in [0.05, 0.1) is 12.1 Å². The van der Waals surface area contributed by atoms with Crippen LogP contribution in [-0.4, -0.2) is 29.1 Å². The monoisotopic (exact) mass is 278 g/mol. The summed E-state index contributed by atoms with van der Waals surface area (Å²) in [4.78, 5) is 23.6. The van der Waals surface area contributed by atoms with E-state index in [-0.39, 0.29) is 12.5 Å². The smallest absolute Gasteiger partial charge is 0.313 e. The number of aliphatic hydroxyl groups excluding tert-OH is 1. The summed E-state index contributed by atoms with van der Waals surface area (Å²) in [5.41, 5.74) is 0.769. The molecule has 5 nitrogen and oxygen atoms in total. The number of amides is 2. The van der Waals surface area contributed by atoms with Crippen molar-refractivity contribution in [1.82, 2.24) is 5.32 Å². The first-order chi connectivity index (χ1) is 9.26. The molecular weight excluding hydrogens is 256 g/mol. The van der Waals surface area contributed by atoms with Crippen LogP contribution in [-0.2, 0) is 9.59 Å². The first-order valence-electron chi connectivity index (χ1n) is 6.60. The fourth-order valence-corrected chi connectivity index (χ4v) is 1.70. The Morgan fingerprint density at radius 1 is 1.20 bits per heavy atom. The SMILES string of the molecule is CC(C)c1ccccc1NC(=O)C(=O)NC(C)(C)CO. The Morgan fingerprint density at radius 2 is 1.80 bits per heavy atom. The maximum absolute atomic E-state index is 11.9. The van der Waals surface area contributed by atoms with Gasteiger partial charge in [0, 0.05) is 5.69 Å². The normalized spacial score (nSPS) is 11.3. The van der Waals surface area contributed by atoms with Gasteiger partial charge in [0.15, 0.2) is 0 Å². The number of hydrogen-bond acceptors (Lipinski definition) is 3. The molecule has 1 aromatic carbocycles. The Bertz CT molecular complexity index is 496. The summed E-state index contributed by atoms with van der Waals surface area (Å²) in [6.07, 6.45) is 0. The minimum atomic E-state index is -0.827. The molecule has 20 heavy (non-hydrogen) atoms. The lowest BCUT2D eigenvalue weighted by Gasteiger charge is -2.23. The molecule has 0 fully saturated rings. The molecule has 0 saturated carbocycles. The molecular formula is C15H22N2O3. The Hall–Kier alpha value is -1.88. The number of nitrogens with one attached hydrogen (secondary N) is 2. The molecule has 1 rings (SSSR count). The fraction of sp³-hybridized carbons (Fsp3) is 0.467. The molecule has 2 amide bonds. The lowest BCUT2D eigenvalue weighted by atomic mass is 10.0. The summed E-state index contributed by atoms with van der Waals surface area (Å²) in [7, 11) is 0. The van der Waals surface area contributed by atoms with Gasteiger partial charge >= 0.3 is 11.8 Å². The minimum Gasteiger partial charge on any atom is -0.394 e. The zero-order valence-electron chi connectivity index (χ0n) is 12.4. The van der Waals surface area contributed by atoms with Crippen molar-refractivity contribution >= 4 is 17.5 Å². The van der Waals surface area contributed by atoms with Gasteiger partial charge in [0.25, 0.3) is 0 Å². The third kappa shape index (κ3) is 4.35. The van der Waals surface area contributed by atoms with Gasteiger partial charge in [0.2, 0.25) is 0 Å². The van der Waals surface area contributed by atoms with Crippen molar-refractivity contribution in [3.05, 3.63) is 29.8 Å². The van der Waals surface area contributed by atoms with E-state index in [4.69, 9.17) is 5.11 Å². The zero-order chi connectivity index (χ0) is 15.3. The van der Waals surface area contributed by atoms with Gasteiger partial charge in [0.1, 0.15) is 0 Å². The largest absolute Gasteiger partial charge is 0.394 e. The van der Waals surface area contributed by atoms with E-state index in [9.17, 15) is 9.59 Å². The van der Waals surface area contributed by atoms with Gasteiger partial charge in [-0.05, 0) is 31.4 Å². The highest BCUT2D eigenvalue weighted by atomic mass is 16.3. The van der Waals surface area contributed by atoms with Gasteiger partial charge in [-0.1, -0.05) is 32.0 Å². The number of benzene rings is 1. The van der Waals surface area contributed by atoms with Crippen LogP contribution in [0, 0.1) is 0 Å². The van der Waals surface area contributed by atoms with Gasteiger partial charge < -0.3 is 15.7 Å². The van der Waals surface area contributed by atoms with Crippen LogP contribution in [0.1, 0.15) is 39.2 Å². The van der Waals surface area contributed by atoms with Crippen LogP contribution in [0.15, 0.2) is 24.3 Å². The van der Waals surface area contributed by atoms with E-state index in [1.54, 1.807) is 26.0 Å². The van der Waals surface area contributed by atoms with Gasteiger partial charge in [-0.2, -0.15) is 0 Å². The molecule has 3 N–H and O–H groups in total. The van der Waals surface area contributed by atoms with E-state index in [1.807, 2.05) is 26.0 Å². The van der Waals surface area contributed by atoms with E-state index in [1.165, 1.54) is 0 Å². The quantitative estimate of drug-likeness (QED) is 0.733. The Morgan fingerprint density at radius 3 is 2.35 bits per heavy atom. The number of hydrogen-bond donors (Lipinski definition) is 3. The molecule has 5 heteroatoms. The molecule has 0 spiro atoms. The van der Waals surface area contributed by atoms with Crippen molar-refractivity contribution in [2.75, 3.05) is 11.9 Å². The van der Waals surface area contributed by atoms with Crippen LogP contribution in [0.2, 0.25) is 0 Å². The van der Waals surface area contributed by atoms with Gasteiger partial charge in [-0.25, -0.2) is 0 Å². The summed E-state index contributed by atoms with van der Waals surface area (Å²) in [6, 6.07) is 7.37. The van der Waals surface area contributed by atoms with Crippen molar-refractivity contribution in [3.8, 4) is 0 Å². The number of anilines is 1. The minimum absolute atomic E-state index is 0.239. The van der Waals surface area contributed by atoms with Crippen molar-refractivity contribution in [2.24, 2.45) is 0 Å². The summed E-state index contributed by atoms with van der Waals surface area (Å²) in [5.74, 6) is -1.26. The first-order valence-corrected chi connectivity index (χ1v) is 6.60. The highest BCUT2D eigenvalue weighted by Crippen LogP contribution is 2.23. The highest BCUT2D eigenvalue weighted by Gasteiger charge is 2.24. The molecule has 0 aromatic heterocycles. The van der Waals surface area contributed by atoms with E-state index in [0.717, 1.165) is 5.56 Å². The molecule has 0 aliphatic carbocycles. The van der Waals surface area contributed by atoms with E-state index in [0.29, 0.717) is 5.69 Å². The lowest BCUT2D eigenvalue weighted by molar-refractivity contribution is -0.137. The van der Waals surface area contributed by atoms with Gasteiger partial charge in [-0.15, -0.1) is 0 Å². The second-order valence-corrected chi connectivity index (χ2v) is 5.69. The second kappa shape index (κ2) is 6.52. The fourth-order valence-electron chi connectivity index (χ4n) is 1.70. The summed E-state index contributed by atoms with van der Waals surface area (Å²) in [6.45, 7) is 7.06. The predicted molar refractivity (Wildman–Crippen MR) is 78.5 cm³/mol. The third-order valence-electron chi connectivity index (χ3n) is 2.88. The molecule has 0 saturated heterocycles.